The minimum absolute atomic E-state index is 0.00900. The number of alkyl halides is 3. The molecule has 0 saturated carbocycles. The van der Waals surface area contributed by atoms with Gasteiger partial charge in [0.1, 0.15) is 5.75 Å². The number of ether oxygens (including phenoxy) is 1. The molecule has 1 aromatic heterocycles. The number of halogens is 3. The van der Waals surface area contributed by atoms with Crippen molar-refractivity contribution >= 4 is 27.3 Å². The molecule has 0 saturated heterocycles. The molecule has 0 bridgehead atoms. The number of benzene rings is 1. The minimum Gasteiger partial charge on any atom is -0.406 e. The van der Waals surface area contributed by atoms with Gasteiger partial charge in [0, 0.05) is 24.4 Å². The van der Waals surface area contributed by atoms with Gasteiger partial charge in [0.15, 0.2) is 0 Å². The molecule has 1 N–H and O–H groups in total. The third kappa shape index (κ3) is 5.32. The molecule has 1 aliphatic heterocycles. The molecular formula is C19H21F3N2O4S2. The molecule has 1 aromatic carbocycles. The van der Waals surface area contributed by atoms with Crippen LogP contribution in [0.4, 0.5) is 13.2 Å². The van der Waals surface area contributed by atoms with Crippen molar-refractivity contribution < 1.29 is 31.1 Å². The van der Waals surface area contributed by atoms with Crippen molar-refractivity contribution in [3.05, 3.63) is 46.2 Å². The number of hydrogen-bond acceptors (Lipinski definition) is 5. The van der Waals surface area contributed by atoms with Crippen LogP contribution >= 0.6 is 11.3 Å². The topological polar surface area (TPSA) is 75.7 Å². The molecular weight excluding hydrogens is 441 g/mol. The number of hydrogen-bond donors (Lipinski definition) is 1. The second kappa shape index (κ2) is 8.94. The standard InChI is InChI=1S/C19H21F3N2O4S2/c1-2-16-15-9-12-29-17(15)8-11-24(16)18(25)7-10-23-30(26,27)14-5-3-13(4-6-14)28-19(20,21)22/h3-6,9,12,16,23H,2,7-8,10-11H2,1H3. The monoisotopic (exact) mass is 462 g/mol. The molecule has 1 aliphatic rings. The van der Waals surface area contributed by atoms with E-state index in [1.54, 1.807) is 16.2 Å². The molecule has 1 unspecified atom stereocenters. The van der Waals surface area contributed by atoms with E-state index in [4.69, 9.17) is 0 Å². The molecule has 0 aliphatic carbocycles. The largest absolute Gasteiger partial charge is 0.573 e. The molecule has 0 radical (unpaired) electrons. The van der Waals surface area contributed by atoms with Crippen LogP contribution in [0.3, 0.4) is 0 Å². The van der Waals surface area contributed by atoms with E-state index in [1.165, 1.54) is 4.88 Å². The summed E-state index contributed by atoms with van der Waals surface area (Å²) in [5.41, 5.74) is 1.16. The first kappa shape index (κ1) is 22.6. The Morgan fingerprint density at radius 1 is 1.27 bits per heavy atom. The first-order chi connectivity index (χ1) is 14.1. The summed E-state index contributed by atoms with van der Waals surface area (Å²) in [5, 5.41) is 2.01. The summed E-state index contributed by atoms with van der Waals surface area (Å²) in [5.74, 6) is -0.657. The van der Waals surface area contributed by atoms with Crippen molar-refractivity contribution in [1.29, 1.82) is 0 Å². The van der Waals surface area contributed by atoms with E-state index in [9.17, 15) is 26.4 Å². The Labute approximate surface area is 176 Å². The highest BCUT2D eigenvalue weighted by Gasteiger charge is 2.32. The Morgan fingerprint density at radius 3 is 2.60 bits per heavy atom. The zero-order valence-corrected chi connectivity index (χ0v) is 17.7. The highest BCUT2D eigenvalue weighted by Crippen LogP contribution is 2.35. The molecule has 1 atom stereocenters. The molecule has 30 heavy (non-hydrogen) atoms. The van der Waals surface area contributed by atoms with Crippen molar-refractivity contribution in [2.45, 2.75) is 43.5 Å². The van der Waals surface area contributed by atoms with Gasteiger partial charge in [-0.15, -0.1) is 24.5 Å². The molecule has 11 heteroatoms. The van der Waals surface area contributed by atoms with E-state index < -0.39 is 22.1 Å². The van der Waals surface area contributed by atoms with Crippen LogP contribution in [0.25, 0.3) is 0 Å². The van der Waals surface area contributed by atoms with E-state index in [1.807, 2.05) is 18.4 Å². The third-order valence-corrected chi connectivity index (χ3v) is 7.27. The van der Waals surface area contributed by atoms with E-state index in [0.29, 0.717) is 6.54 Å². The van der Waals surface area contributed by atoms with Crippen LogP contribution in [0, 0.1) is 0 Å². The Morgan fingerprint density at radius 2 is 1.97 bits per heavy atom. The Balaban J connectivity index is 1.57. The van der Waals surface area contributed by atoms with Crippen molar-refractivity contribution in [2.75, 3.05) is 13.1 Å². The maximum Gasteiger partial charge on any atom is 0.573 e. The molecule has 2 heterocycles. The summed E-state index contributed by atoms with van der Waals surface area (Å²) in [4.78, 5) is 15.5. The number of nitrogens with one attached hydrogen (secondary N) is 1. The lowest BCUT2D eigenvalue weighted by atomic mass is 9.97. The molecule has 2 aromatic rings. The fraction of sp³-hybridized carbons (Fsp3) is 0.421. The van der Waals surface area contributed by atoms with Gasteiger partial charge in [0.05, 0.1) is 10.9 Å². The van der Waals surface area contributed by atoms with E-state index in [-0.39, 0.29) is 29.8 Å². The quantitative estimate of drug-likeness (QED) is 0.678. The number of carbonyl (C=O) groups excluding carboxylic acids is 1. The predicted molar refractivity (Wildman–Crippen MR) is 106 cm³/mol. The van der Waals surface area contributed by atoms with Crippen LogP contribution in [-0.2, 0) is 21.2 Å². The highest BCUT2D eigenvalue weighted by atomic mass is 32.2. The van der Waals surface area contributed by atoms with Crippen LogP contribution in [0.5, 0.6) is 5.75 Å². The summed E-state index contributed by atoms with van der Waals surface area (Å²) in [6.07, 6.45) is -3.31. The fourth-order valence-electron chi connectivity index (χ4n) is 3.47. The van der Waals surface area contributed by atoms with Crippen molar-refractivity contribution in [3.8, 4) is 5.75 Å². The first-order valence-corrected chi connectivity index (χ1v) is 11.7. The van der Waals surface area contributed by atoms with Gasteiger partial charge in [-0.1, -0.05) is 6.92 Å². The van der Waals surface area contributed by atoms with Crippen molar-refractivity contribution in [1.82, 2.24) is 9.62 Å². The van der Waals surface area contributed by atoms with Gasteiger partial charge >= 0.3 is 6.36 Å². The third-order valence-electron chi connectivity index (χ3n) is 4.80. The Hall–Kier alpha value is -2.11. The Kier molecular flexibility index (Phi) is 6.73. The van der Waals surface area contributed by atoms with Crippen LogP contribution in [-0.4, -0.2) is 38.7 Å². The lowest BCUT2D eigenvalue weighted by Gasteiger charge is -2.35. The van der Waals surface area contributed by atoms with Gasteiger partial charge in [-0.05, 0) is 54.1 Å². The molecule has 0 fully saturated rings. The maximum absolute atomic E-state index is 12.7. The summed E-state index contributed by atoms with van der Waals surface area (Å²) in [7, 11) is -3.96. The zero-order chi connectivity index (χ0) is 21.9. The molecule has 0 spiro atoms. The molecule has 6 nitrogen and oxygen atoms in total. The SMILES string of the molecule is CCC1c2ccsc2CCN1C(=O)CCNS(=O)(=O)c1ccc(OC(F)(F)F)cc1. The summed E-state index contributed by atoms with van der Waals surface area (Å²) >= 11 is 1.68. The number of nitrogens with zero attached hydrogens (tertiary/aromatic N) is 1. The second-order valence-electron chi connectivity index (χ2n) is 6.73. The van der Waals surface area contributed by atoms with Gasteiger partial charge < -0.3 is 9.64 Å². The maximum atomic E-state index is 12.7. The van der Waals surface area contributed by atoms with Crippen LogP contribution in [0.1, 0.15) is 36.2 Å². The molecule has 1 amide bonds. The fourth-order valence-corrected chi connectivity index (χ4v) is 5.43. The number of thiophene rings is 1. The summed E-state index contributed by atoms with van der Waals surface area (Å²) in [6.45, 7) is 2.50. The van der Waals surface area contributed by atoms with E-state index in [0.717, 1.165) is 42.7 Å². The van der Waals surface area contributed by atoms with Gasteiger partial charge in [-0.25, -0.2) is 13.1 Å². The van der Waals surface area contributed by atoms with Crippen molar-refractivity contribution in [3.63, 3.8) is 0 Å². The number of sulfonamides is 1. The molecule has 164 valence electrons. The predicted octanol–water partition coefficient (Wildman–Crippen LogP) is 3.85. The van der Waals surface area contributed by atoms with Crippen LogP contribution in [0.15, 0.2) is 40.6 Å². The van der Waals surface area contributed by atoms with Gasteiger partial charge in [0.25, 0.3) is 0 Å². The number of amides is 1. The van der Waals surface area contributed by atoms with Gasteiger partial charge in [0.2, 0.25) is 15.9 Å². The van der Waals surface area contributed by atoms with Crippen LogP contribution in [0.2, 0.25) is 0 Å². The normalized spacial score (nSPS) is 16.9. The van der Waals surface area contributed by atoms with E-state index >= 15 is 0 Å². The van der Waals surface area contributed by atoms with E-state index in [2.05, 4.69) is 9.46 Å². The summed E-state index contributed by atoms with van der Waals surface area (Å²) in [6, 6.07) is 5.89. The Bertz CT molecular complexity index is 988. The minimum atomic E-state index is -4.85. The smallest absolute Gasteiger partial charge is 0.406 e. The number of rotatable bonds is 7. The van der Waals surface area contributed by atoms with Gasteiger partial charge in [-0.3, -0.25) is 4.79 Å². The van der Waals surface area contributed by atoms with Gasteiger partial charge in [-0.2, -0.15) is 0 Å². The second-order valence-corrected chi connectivity index (χ2v) is 9.49. The molecule has 3 rings (SSSR count). The van der Waals surface area contributed by atoms with Crippen LogP contribution < -0.4 is 9.46 Å². The first-order valence-electron chi connectivity index (χ1n) is 9.32. The lowest BCUT2D eigenvalue weighted by molar-refractivity contribution is -0.274. The average Bonchev–Trinajstić information content (AvgIpc) is 3.15. The summed E-state index contributed by atoms with van der Waals surface area (Å²) < 4.78 is 67.3. The average molecular weight is 463 g/mol. The number of fused-ring (bicyclic) bond motifs is 1. The van der Waals surface area contributed by atoms with Crippen molar-refractivity contribution in [2.24, 2.45) is 0 Å². The lowest BCUT2D eigenvalue weighted by Crippen LogP contribution is -2.40. The number of carbonyl (C=O) groups is 1. The zero-order valence-electron chi connectivity index (χ0n) is 16.1. The highest BCUT2D eigenvalue weighted by molar-refractivity contribution is 7.89.